The molecule has 282 valence electrons. The average molecular weight is 745 g/mol. The highest BCUT2D eigenvalue weighted by molar-refractivity contribution is 6.48. The van der Waals surface area contributed by atoms with Crippen molar-refractivity contribution in [3.63, 3.8) is 0 Å². The van der Waals surface area contributed by atoms with Crippen molar-refractivity contribution in [2.45, 2.75) is 79.1 Å². The van der Waals surface area contributed by atoms with Crippen LogP contribution in [0.5, 0.6) is 11.5 Å². The number of hydrogen-bond donors (Lipinski definition) is 0. The number of halogens is 4. The largest absolute Gasteiger partial charge is 0.422 e. The maximum atomic E-state index is 15.5. The topological polar surface area (TPSA) is 93.2 Å². The molecule has 4 aliphatic heterocycles. The molecule has 12 heteroatoms. The van der Waals surface area contributed by atoms with Gasteiger partial charge in [0.15, 0.2) is 0 Å². The molecule has 2 atom stereocenters. The monoisotopic (exact) mass is 744 g/mol. The van der Waals surface area contributed by atoms with Crippen molar-refractivity contribution in [3.05, 3.63) is 81.9 Å². The summed E-state index contributed by atoms with van der Waals surface area (Å²) in [6, 6.07) is 5.99. The van der Waals surface area contributed by atoms with Crippen molar-refractivity contribution in [2.75, 3.05) is 22.9 Å². The molecule has 0 saturated heterocycles. The van der Waals surface area contributed by atoms with Gasteiger partial charge >= 0.3 is 11.9 Å². The van der Waals surface area contributed by atoms with Gasteiger partial charge in [-0.1, -0.05) is 66.2 Å². The average Bonchev–Trinajstić information content (AvgIpc) is 3.79. The number of fused-ring (bicyclic) bond motifs is 4. The van der Waals surface area contributed by atoms with Gasteiger partial charge in [0.1, 0.15) is 34.8 Å². The summed E-state index contributed by atoms with van der Waals surface area (Å²) in [5.41, 5.74) is -1.45. The van der Waals surface area contributed by atoms with Crippen LogP contribution in [-0.2, 0) is 19.2 Å². The SMILES string of the molecule is CCCCC(CC)CN1C(=O)/C(=C2\C(=O)Oc3cc4c(cc32)OC(=O)/C4=C2\C(=O)N(CC(CC)CCCC)c3c(F)cc(F)cc32)c2cc(F)cc(F)c21. The van der Waals surface area contributed by atoms with Gasteiger partial charge in [0.2, 0.25) is 0 Å². The third-order valence-corrected chi connectivity index (χ3v) is 11.0. The number of amides is 2. The second-order valence-corrected chi connectivity index (χ2v) is 14.4. The Hall–Kier alpha value is -5.26. The van der Waals surface area contributed by atoms with E-state index in [-0.39, 0.29) is 92.3 Å². The van der Waals surface area contributed by atoms with Gasteiger partial charge in [-0.25, -0.2) is 27.2 Å². The Morgan fingerprint density at radius 1 is 0.537 bits per heavy atom. The quantitative estimate of drug-likeness (QED) is 0.0796. The molecule has 4 aliphatic rings. The van der Waals surface area contributed by atoms with E-state index >= 15 is 8.78 Å². The minimum Gasteiger partial charge on any atom is -0.422 e. The molecule has 0 aromatic heterocycles. The highest BCUT2D eigenvalue weighted by Crippen LogP contribution is 2.52. The lowest BCUT2D eigenvalue weighted by Gasteiger charge is -2.24. The molecule has 0 fully saturated rings. The van der Waals surface area contributed by atoms with E-state index in [0.717, 1.165) is 50.7 Å². The number of carbonyl (C=O) groups excluding carboxylic acids is 4. The van der Waals surface area contributed by atoms with Gasteiger partial charge in [-0.2, -0.15) is 0 Å². The van der Waals surface area contributed by atoms with E-state index in [1.54, 1.807) is 0 Å². The second-order valence-electron chi connectivity index (χ2n) is 14.4. The number of rotatable bonds is 12. The first-order valence-corrected chi connectivity index (χ1v) is 18.7. The molecular weight excluding hydrogens is 704 g/mol. The van der Waals surface area contributed by atoms with Crippen LogP contribution in [0.25, 0.3) is 22.3 Å². The van der Waals surface area contributed by atoms with Crippen LogP contribution in [0.2, 0.25) is 0 Å². The van der Waals surface area contributed by atoms with Crippen molar-refractivity contribution < 1.29 is 46.2 Å². The summed E-state index contributed by atoms with van der Waals surface area (Å²) in [6.07, 6.45) is 6.62. The molecule has 0 radical (unpaired) electrons. The third kappa shape index (κ3) is 6.09. The predicted octanol–water partition coefficient (Wildman–Crippen LogP) is 9.03. The van der Waals surface area contributed by atoms with Gasteiger partial charge in [-0.3, -0.25) is 9.59 Å². The number of unbranched alkanes of at least 4 members (excludes halogenated alkanes) is 2. The summed E-state index contributed by atoms with van der Waals surface area (Å²) in [5.74, 6) is -7.32. The number of hydrogen-bond acceptors (Lipinski definition) is 6. The summed E-state index contributed by atoms with van der Waals surface area (Å²) >= 11 is 0. The maximum Gasteiger partial charge on any atom is 0.345 e. The van der Waals surface area contributed by atoms with E-state index in [2.05, 4.69) is 0 Å². The second kappa shape index (κ2) is 14.5. The Balaban J connectivity index is 1.35. The fraction of sp³-hybridized carbons (Fsp3) is 0.381. The molecule has 0 bridgehead atoms. The number of benzene rings is 3. The first-order valence-electron chi connectivity index (χ1n) is 18.7. The molecule has 0 saturated carbocycles. The van der Waals surface area contributed by atoms with Gasteiger partial charge in [-0.15, -0.1) is 0 Å². The molecule has 2 amide bonds. The van der Waals surface area contributed by atoms with Crippen LogP contribution in [0.1, 0.15) is 101 Å². The summed E-state index contributed by atoms with van der Waals surface area (Å²) < 4.78 is 71.7. The van der Waals surface area contributed by atoms with Crippen LogP contribution in [0.4, 0.5) is 28.9 Å². The number of carbonyl (C=O) groups is 4. The van der Waals surface area contributed by atoms with Crippen molar-refractivity contribution in [1.82, 2.24) is 0 Å². The smallest absolute Gasteiger partial charge is 0.345 e. The van der Waals surface area contributed by atoms with Crippen LogP contribution >= 0.6 is 0 Å². The molecule has 8 nitrogen and oxygen atoms in total. The Kier molecular flexibility index (Phi) is 9.97. The third-order valence-electron chi connectivity index (χ3n) is 11.0. The standard InChI is InChI=1S/C42H40F4N2O6/c1-5-9-11-21(7-3)19-47-37-27(13-23(43)15-29(37)45)33(39(47)49)35-25-17-32-26(18-31(25)53-41(35)51)36(42(52)54-32)34-28-14-24(44)16-30(46)38(28)48(40(34)50)20-22(8-4)12-10-6-2/h13-18,21-22H,5-12,19-20H2,1-4H3/b35-33-,36-34-. The van der Waals surface area contributed by atoms with Gasteiger partial charge < -0.3 is 19.3 Å². The normalized spacial score (nSPS) is 19.6. The molecule has 0 N–H and O–H groups in total. The van der Waals surface area contributed by atoms with E-state index in [4.69, 9.17) is 9.47 Å². The lowest BCUT2D eigenvalue weighted by Crippen LogP contribution is -2.32. The molecule has 7 rings (SSSR count). The van der Waals surface area contributed by atoms with Crippen molar-refractivity contribution in [1.29, 1.82) is 0 Å². The van der Waals surface area contributed by atoms with Crippen molar-refractivity contribution in [3.8, 4) is 11.5 Å². The lowest BCUT2D eigenvalue weighted by molar-refractivity contribution is -0.127. The molecule has 0 aliphatic carbocycles. The van der Waals surface area contributed by atoms with Gasteiger partial charge in [0.05, 0.1) is 33.7 Å². The first-order chi connectivity index (χ1) is 25.9. The Bertz CT molecular complexity index is 2040. The highest BCUT2D eigenvalue weighted by atomic mass is 19.1. The number of anilines is 2. The molecule has 3 aromatic rings. The number of nitrogens with zero attached hydrogens (tertiary/aromatic N) is 2. The van der Waals surface area contributed by atoms with Gasteiger partial charge in [0, 0.05) is 47.5 Å². The number of ether oxygens (including phenoxy) is 2. The van der Waals surface area contributed by atoms with E-state index < -0.39 is 47.0 Å². The highest BCUT2D eigenvalue weighted by Gasteiger charge is 2.46. The molecule has 0 spiro atoms. The fourth-order valence-corrected chi connectivity index (χ4v) is 8.06. The van der Waals surface area contributed by atoms with Gasteiger partial charge in [-0.05, 0) is 48.9 Å². The first kappa shape index (κ1) is 37.1. The number of esters is 2. The van der Waals surface area contributed by atoms with Crippen molar-refractivity contribution in [2.24, 2.45) is 11.8 Å². The molecule has 4 heterocycles. The van der Waals surface area contributed by atoms with Gasteiger partial charge in [0.25, 0.3) is 11.8 Å². The molecule has 2 unspecified atom stereocenters. The molecular formula is C42H40F4N2O6. The molecule has 3 aromatic carbocycles. The minimum absolute atomic E-state index is 0.0120. The zero-order valence-electron chi connectivity index (χ0n) is 30.5. The van der Waals surface area contributed by atoms with Crippen LogP contribution in [0, 0.1) is 35.1 Å². The van der Waals surface area contributed by atoms with Crippen LogP contribution < -0.4 is 19.3 Å². The van der Waals surface area contributed by atoms with Crippen molar-refractivity contribution >= 4 is 57.4 Å². The fourth-order valence-electron chi connectivity index (χ4n) is 8.06. The van der Waals surface area contributed by atoms with Crippen LogP contribution in [-0.4, -0.2) is 36.8 Å². The van der Waals surface area contributed by atoms with Crippen LogP contribution in [0.3, 0.4) is 0 Å². The lowest BCUT2D eigenvalue weighted by atomic mass is 9.92. The van der Waals surface area contributed by atoms with E-state index in [0.29, 0.717) is 25.0 Å². The summed E-state index contributed by atoms with van der Waals surface area (Å²) in [6.45, 7) is 8.31. The zero-order chi connectivity index (χ0) is 38.6. The maximum absolute atomic E-state index is 15.5. The van der Waals surface area contributed by atoms with Crippen LogP contribution in [0.15, 0.2) is 36.4 Å². The Morgan fingerprint density at radius 2 is 0.926 bits per heavy atom. The predicted molar refractivity (Wildman–Crippen MR) is 195 cm³/mol. The summed E-state index contributed by atoms with van der Waals surface area (Å²) in [4.78, 5) is 58.1. The summed E-state index contributed by atoms with van der Waals surface area (Å²) in [7, 11) is 0. The zero-order valence-corrected chi connectivity index (χ0v) is 30.5. The van der Waals surface area contributed by atoms with E-state index in [1.165, 1.54) is 21.9 Å². The van der Waals surface area contributed by atoms with E-state index in [1.807, 2.05) is 27.7 Å². The minimum atomic E-state index is -0.969. The van der Waals surface area contributed by atoms with E-state index in [9.17, 15) is 28.0 Å². The Labute approximate surface area is 310 Å². The molecule has 54 heavy (non-hydrogen) atoms. The summed E-state index contributed by atoms with van der Waals surface area (Å²) in [5, 5.41) is 0. The Morgan fingerprint density at radius 3 is 1.28 bits per heavy atom.